The van der Waals surface area contributed by atoms with E-state index in [2.05, 4.69) is 4.98 Å². The van der Waals surface area contributed by atoms with E-state index in [1.807, 2.05) is 6.07 Å². The molecule has 0 aliphatic heterocycles. The number of aryl methyl sites for hydroxylation is 1. The van der Waals surface area contributed by atoms with Gasteiger partial charge in [-0.2, -0.15) is 5.26 Å². The van der Waals surface area contributed by atoms with Crippen LogP contribution in [-0.2, 0) is 4.74 Å². The number of nitrogen functional groups attached to an aromatic ring is 1. The van der Waals surface area contributed by atoms with Gasteiger partial charge >= 0.3 is 11.7 Å². The number of rotatable bonds is 5. The second-order valence-electron chi connectivity index (χ2n) is 4.83. The van der Waals surface area contributed by atoms with Crippen molar-refractivity contribution >= 4 is 17.3 Å². The molecule has 25 heavy (non-hydrogen) atoms. The summed E-state index contributed by atoms with van der Waals surface area (Å²) < 4.78 is 10.3. The second-order valence-corrected chi connectivity index (χ2v) is 4.83. The second kappa shape index (κ2) is 7.27. The maximum atomic E-state index is 12.0. The Morgan fingerprint density at radius 2 is 2.12 bits per heavy atom. The molecule has 0 unspecified atom stereocenters. The SMILES string of the molecule is CCOC(=O)c1c(C)nc(Oc2ccccc2[N+](=O)[O-])c(C#N)c1N. The van der Waals surface area contributed by atoms with Crippen LogP contribution in [0.4, 0.5) is 11.4 Å². The van der Waals surface area contributed by atoms with Crippen LogP contribution in [-0.4, -0.2) is 22.5 Å². The van der Waals surface area contributed by atoms with Gasteiger partial charge in [0.15, 0.2) is 0 Å². The average molecular weight is 342 g/mol. The predicted octanol–water partition coefficient (Wildman–Crippen LogP) is 2.72. The first-order valence-electron chi connectivity index (χ1n) is 7.19. The number of carbonyl (C=O) groups is 1. The number of nitrogens with two attached hydrogens (primary N) is 1. The molecule has 0 spiro atoms. The third-order valence-corrected chi connectivity index (χ3v) is 3.24. The smallest absolute Gasteiger partial charge is 0.342 e. The summed E-state index contributed by atoms with van der Waals surface area (Å²) in [6.07, 6.45) is 0. The fourth-order valence-corrected chi connectivity index (χ4v) is 2.14. The van der Waals surface area contributed by atoms with Gasteiger partial charge in [-0.25, -0.2) is 9.78 Å². The monoisotopic (exact) mass is 342 g/mol. The average Bonchev–Trinajstić information content (AvgIpc) is 2.55. The van der Waals surface area contributed by atoms with Crippen LogP contribution in [0, 0.1) is 28.4 Å². The van der Waals surface area contributed by atoms with Gasteiger partial charge in [0.2, 0.25) is 11.6 Å². The summed E-state index contributed by atoms with van der Waals surface area (Å²) >= 11 is 0. The molecule has 1 aromatic carbocycles. The van der Waals surface area contributed by atoms with Crippen LogP contribution in [0.5, 0.6) is 11.6 Å². The first kappa shape index (κ1) is 17.7. The standard InChI is InChI=1S/C16H14N4O5/c1-3-24-16(21)13-9(2)19-15(10(8-17)14(13)18)25-12-7-5-4-6-11(12)20(22)23/h4-7H,3H2,1-2H3,(H2,18,19). The number of nitriles is 1. The zero-order valence-electron chi connectivity index (χ0n) is 13.5. The van der Waals surface area contributed by atoms with Crippen molar-refractivity contribution in [2.45, 2.75) is 13.8 Å². The molecule has 0 aliphatic carbocycles. The zero-order chi connectivity index (χ0) is 18.6. The molecule has 0 bridgehead atoms. The lowest BCUT2D eigenvalue weighted by Gasteiger charge is -2.13. The molecule has 1 aromatic heterocycles. The quantitative estimate of drug-likeness (QED) is 0.496. The van der Waals surface area contributed by atoms with Crippen molar-refractivity contribution in [3.05, 3.63) is 51.2 Å². The number of benzene rings is 1. The number of carbonyl (C=O) groups excluding carboxylic acids is 1. The molecule has 0 aliphatic rings. The number of para-hydroxylation sites is 2. The molecule has 9 nitrogen and oxygen atoms in total. The third-order valence-electron chi connectivity index (χ3n) is 3.24. The Morgan fingerprint density at radius 3 is 2.72 bits per heavy atom. The van der Waals surface area contributed by atoms with Crippen LogP contribution in [0.15, 0.2) is 24.3 Å². The number of esters is 1. The van der Waals surface area contributed by atoms with Gasteiger partial charge in [-0.15, -0.1) is 0 Å². The first-order chi connectivity index (χ1) is 11.9. The maximum absolute atomic E-state index is 12.0. The number of hydrogen-bond donors (Lipinski definition) is 1. The number of nitro benzene ring substituents is 1. The Bertz CT molecular complexity index is 889. The summed E-state index contributed by atoms with van der Waals surface area (Å²) in [5.74, 6) is -1.03. The van der Waals surface area contributed by atoms with Crippen LogP contribution in [0.1, 0.15) is 28.5 Å². The van der Waals surface area contributed by atoms with Gasteiger partial charge in [0.1, 0.15) is 17.2 Å². The molecule has 0 saturated heterocycles. The number of aromatic nitrogens is 1. The van der Waals surface area contributed by atoms with E-state index < -0.39 is 10.9 Å². The number of anilines is 1. The van der Waals surface area contributed by atoms with E-state index in [4.69, 9.17) is 15.2 Å². The normalized spacial score (nSPS) is 9.96. The Balaban J connectivity index is 2.56. The summed E-state index contributed by atoms with van der Waals surface area (Å²) in [7, 11) is 0. The maximum Gasteiger partial charge on any atom is 0.342 e. The van der Waals surface area contributed by atoms with Crippen molar-refractivity contribution in [2.24, 2.45) is 0 Å². The molecule has 1 heterocycles. The van der Waals surface area contributed by atoms with Crippen molar-refractivity contribution < 1.29 is 19.2 Å². The van der Waals surface area contributed by atoms with Crippen LogP contribution >= 0.6 is 0 Å². The highest BCUT2D eigenvalue weighted by molar-refractivity contribution is 5.98. The zero-order valence-corrected chi connectivity index (χ0v) is 13.5. The minimum Gasteiger partial charge on any atom is -0.462 e. The molecule has 0 saturated carbocycles. The highest BCUT2D eigenvalue weighted by atomic mass is 16.6. The van der Waals surface area contributed by atoms with Crippen molar-refractivity contribution in [2.75, 3.05) is 12.3 Å². The summed E-state index contributed by atoms with van der Waals surface area (Å²) in [4.78, 5) is 26.5. The van der Waals surface area contributed by atoms with E-state index in [1.165, 1.54) is 31.2 Å². The van der Waals surface area contributed by atoms with Gasteiger partial charge in [-0.3, -0.25) is 10.1 Å². The van der Waals surface area contributed by atoms with E-state index in [0.29, 0.717) is 0 Å². The molecule has 0 fully saturated rings. The minimum absolute atomic E-state index is 0.0340. The molecule has 0 radical (unpaired) electrons. The summed E-state index contributed by atoms with van der Waals surface area (Å²) in [6, 6.07) is 7.45. The van der Waals surface area contributed by atoms with E-state index in [9.17, 15) is 20.2 Å². The highest BCUT2D eigenvalue weighted by Gasteiger charge is 2.24. The van der Waals surface area contributed by atoms with Gasteiger partial charge in [0, 0.05) is 6.07 Å². The van der Waals surface area contributed by atoms with Crippen molar-refractivity contribution in [1.29, 1.82) is 5.26 Å². The van der Waals surface area contributed by atoms with Crippen LogP contribution in [0.25, 0.3) is 0 Å². The lowest BCUT2D eigenvalue weighted by atomic mass is 10.1. The van der Waals surface area contributed by atoms with Gasteiger partial charge in [0.05, 0.1) is 22.9 Å². The highest BCUT2D eigenvalue weighted by Crippen LogP contribution is 2.35. The molecule has 2 aromatic rings. The Morgan fingerprint density at radius 1 is 1.44 bits per heavy atom. The van der Waals surface area contributed by atoms with E-state index in [1.54, 1.807) is 6.92 Å². The lowest BCUT2D eigenvalue weighted by molar-refractivity contribution is -0.385. The molecule has 128 valence electrons. The molecule has 2 rings (SSSR count). The molecule has 0 atom stereocenters. The van der Waals surface area contributed by atoms with Gasteiger partial charge in [0.25, 0.3) is 0 Å². The van der Waals surface area contributed by atoms with Crippen LogP contribution in [0.2, 0.25) is 0 Å². The Kier molecular flexibility index (Phi) is 5.14. The number of nitrogens with zero attached hydrogens (tertiary/aromatic N) is 3. The number of ether oxygens (including phenoxy) is 2. The molecule has 0 amide bonds. The van der Waals surface area contributed by atoms with E-state index in [0.717, 1.165) is 0 Å². The van der Waals surface area contributed by atoms with Gasteiger partial charge in [-0.1, -0.05) is 12.1 Å². The van der Waals surface area contributed by atoms with Crippen molar-refractivity contribution in [3.63, 3.8) is 0 Å². The molecule has 9 heteroatoms. The molecular weight excluding hydrogens is 328 g/mol. The number of pyridine rings is 1. The molecule has 2 N–H and O–H groups in total. The summed E-state index contributed by atoms with van der Waals surface area (Å²) in [6.45, 7) is 3.26. The van der Waals surface area contributed by atoms with Crippen molar-refractivity contribution in [3.8, 4) is 17.7 Å². The Labute approximate surface area is 142 Å². The lowest BCUT2D eigenvalue weighted by Crippen LogP contribution is -2.13. The molecular formula is C16H14N4O5. The fraction of sp³-hybridized carbons (Fsp3) is 0.188. The number of hydrogen-bond acceptors (Lipinski definition) is 8. The van der Waals surface area contributed by atoms with Crippen LogP contribution in [0.3, 0.4) is 0 Å². The predicted molar refractivity (Wildman–Crippen MR) is 87.2 cm³/mol. The van der Waals surface area contributed by atoms with E-state index >= 15 is 0 Å². The summed E-state index contributed by atoms with van der Waals surface area (Å²) in [5.41, 5.74) is 5.41. The fourth-order valence-electron chi connectivity index (χ4n) is 2.14. The Hall–Kier alpha value is -3.67. The largest absolute Gasteiger partial charge is 0.462 e. The van der Waals surface area contributed by atoms with Gasteiger partial charge in [-0.05, 0) is 19.9 Å². The topological polar surface area (TPSA) is 141 Å². The minimum atomic E-state index is -0.709. The van der Waals surface area contributed by atoms with E-state index in [-0.39, 0.29) is 46.4 Å². The number of nitro groups is 1. The van der Waals surface area contributed by atoms with Gasteiger partial charge < -0.3 is 15.2 Å². The summed E-state index contributed by atoms with van der Waals surface area (Å²) in [5, 5.41) is 20.4. The first-order valence-corrected chi connectivity index (χ1v) is 7.19. The third kappa shape index (κ3) is 3.48. The van der Waals surface area contributed by atoms with Crippen molar-refractivity contribution in [1.82, 2.24) is 4.98 Å². The van der Waals surface area contributed by atoms with Crippen LogP contribution < -0.4 is 10.5 Å².